The molecule has 0 saturated heterocycles. The van der Waals surface area contributed by atoms with Crippen LogP contribution in [0.5, 0.6) is 0 Å². The fourth-order valence-electron chi connectivity index (χ4n) is 2.52. The summed E-state index contributed by atoms with van der Waals surface area (Å²) in [6.07, 6.45) is 2.66. The molecule has 0 unspecified atom stereocenters. The van der Waals surface area contributed by atoms with Crippen LogP contribution in [0.1, 0.15) is 29.2 Å². The van der Waals surface area contributed by atoms with Crippen LogP contribution in [-0.2, 0) is 11.3 Å². The van der Waals surface area contributed by atoms with E-state index in [0.717, 1.165) is 46.1 Å². The number of benzene rings is 2. The second-order valence-corrected chi connectivity index (χ2v) is 7.01. The third kappa shape index (κ3) is 6.42. The summed E-state index contributed by atoms with van der Waals surface area (Å²) in [5.74, 6) is 0. The van der Waals surface area contributed by atoms with Crippen molar-refractivity contribution in [2.24, 2.45) is 4.99 Å². The molecule has 0 aromatic heterocycles. The minimum atomic E-state index is 0.546. The summed E-state index contributed by atoms with van der Waals surface area (Å²) < 4.78 is 0. The van der Waals surface area contributed by atoms with Crippen LogP contribution in [-0.4, -0.2) is 31.4 Å². The van der Waals surface area contributed by atoms with Gasteiger partial charge in [-0.3, -0.25) is 10.3 Å². The molecule has 0 amide bonds. The molecule has 2 aromatic rings. The van der Waals surface area contributed by atoms with Crippen molar-refractivity contribution in [3.8, 4) is 0 Å². The quantitative estimate of drug-likeness (QED) is 0.275. The van der Waals surface area contributed by atoms with Crippen LogP contribution < -0.4 is 5.48 Å². The molecular weight excluding hydrogens is 358 g/mol. The van der Waals surface area contributed by atoms with Crippen LogP contribution in [0.4, 0.5) is 5.69 Å². The Kier molecular flexibility index (Phi) is 7.89. The lowest BCUT2D eigenvalue weighted by atomic mass is 10.0. The highest BCUT2D eigenvalue weighted by Gasteiger charge is 2.07. The summed E-state index contributed by atoms with van der Waals surface area (Å²) in [5, 5.41) is 0.742. The van der Waals surface area contributed by atoms with E-state index in [0.29, 0.717) is 6.61 Å². The molecule has 0 fully saturated rings. The van der Waals surface area contributed by atoms with E-state index in [1.54, 1.807) is 0 Å². The van der Waals surface area contributed by atoms with Gasteiger partial charge in [0.2, 0.25) is 0 Å². The molecule has 0 aliphatic heterocycles. The Hall–Kier alpha value is -2.30. The molecule has 144 valence electrons. The number of rotatable bonds is 9. The Morgan fingerprint density at radius 3 is 2.59 bits per heavy atom. The molecule has 1 N–H and O–H groups in total. The van der Waals surface area contributed by atoms with E-state index in [-0.39, 0.29) is 0 Å². The molecule has 0 heterocycles. The Labute approximate surface area is 167 Å². The first-order valence-corrected chi connectivity index (χ1v) is 9.45. The van der Waals surface area contributed by atoms with Gasteiger partial charge in [0.15, 0.2) is 0 Å². The van der Waals surface area contributed by atoms with Gasteiger partial charge in [-0.1, -0.05) is 30.3 Å². The molecule has 2 rings (SSSR count). The van der Waals surface area contributed by atoms with Crippen molar-refractivity contribution >= 4 is 29.3 Å². The normalized spacial score (nSPS) is 11.0. The van der Waals surface area contributed by atoms with Crippen LogP contribution in [0.3, 0.4) is 0 Å². The highest BCUT2D eigenvalue weighted by Crippen LogP contribution is 2.26. The highest BCUT2D eigenvalue weighted by molar-refractivity contribution is 6.30. The van der Waals surface area contributed by atoms with Gasteiger partial charge < -0.3 is 4.90 Å². The molecule has 0 saturated carbocycles. The van der Waals surface area contributed by atoms with E-state index >= 15 is 0 Å². The lowest BCUT2D eigenvalue weighted by molar-refractivity contribution is 0.0811. The van der Waals surface area contributed by atoms with Crippen molar-refractivity contribution in [3.63, 3.8) is 0 Å². The van der Waals surface area contributed by atoms with Gasteiger partial charge in [0.1, 0.15) is 0 Å². The first kappa shape index (κ1) is 21.0. The van der Waals surface area contributed by atoms with E-state index in [9.17, 15) is 0 Å². The standard InChI is InChI=1S/C22H28ClN3O/c1-6-26(5)15-24-22-14-16(2)21(13-17(22)3)18(4)25-27-12-11-19-7-9-20(23)10-8-19/h7-10,13-15,25H,4,6,11-12H2,1-3,5H3. The third-order valence-corrected chi connectivity index (χ3v) is 4.61. The number of nitrogens with one attached hydrogen (secondary N) is 1. The molecule has 0 spiro atoms. The van der Waals surface area contributed by atoms with Crippen molar-refractivity contribution in [1.29, 1.82) is 0 Å². The van der Waals surface area contributed by atoms with Crippen LogP contribution >= 0.6 is 11.6 Å². The fraction of sp³-hybridized carbons (Fsp3) is 0.318. The van der Waals surface area contributed by atoms with Gasteiger partial charge in [-0.2, -0.15) is 0 Å². The van der Waals surface area contributed by atoms with Gasteiger partial charge in [-0.15, -0.1) is 0 Å². The van der Waals surface area contributed by atoms with Gasteiger partial charge in [0.25, 0.3) is 0 Å². The first-order chi connectivity index (χ1) is 12.9. The van der Waals surface area contributed by atoms with E-state index in [4.69, 9.17) is 16.4 Å². The molecule has 27 heavy (non-hydrogen) atoms. The second kappa shape index (κ2) is 10.1. The predicted molar refractivity (Wildman–Crippen MR) is 116 cm³/mol. The number of hydroxylamine groups is 1. The van der Waals surface area contributed by atoms with Gasteiger partial charge in [0.05, 0.1) is 24.3 Å². The zero-order chi connectivity index (χ0) is 19.8. The van der Waals surface area contributed by atoms with Gasteiger partial charge in [-0.05, 0) is 68.1 Å². The van der Waals surface area contributed by atoms with Gasteiger partial charge >= 0.3 is 0 Å². The van der Waals surface area contributed by atoms with Crippen LogP contribution in [0.25, 0.3) is 5.70 Å². The number of nitrogens with zero attached hydrogens (tertiary/aromatic N) is 2. The Morgan fingerprint density at radius 1 is 1.22 bits per heavy atom. The average molecular weight is 386 g/mol. The zero-order valence-electron chi connectivity index (χ0n) is 16.6. The van der Waals surface area contributed by atoms with Gasteiger partial charge in [-0.25, -0.2) is 4.99 Å². The van der Waals surface area contributed by atoms with E-state index < -0.39 is 0 Å². The number of hydrogen-bond donors (Lipinski definition) is 1. The summed E-state index contributed by atoms with van der Waals surface area (Å²) in [5.41, 5.74) is 9.08. The van der Waals surface area contributed by atoms with Crippen molar-refractivity contribution < 1.29 is 4.84 Å². The van der Waals surface area contributed by atoms with E-state index in [1.807, 2.05) is 42.6 Å². The smallest absolute Gasteiger partial charge is 0.0909 e. The molecule has 0 bridgehead atoms. The number of halogens is 1. The largest absolute Gasteiger partial charge is 0.366 e. The summed E-state index contributed by atoms with van der Waals surface area (Å²) in [6, 6.07) is 11.9. The van der Waals surface area contributed by atoms with E-state index in [2.05, 4.69) is 50.0 Å². The van der Waals surface area contributed by atoms with Gasteiger partial charge in [0, 0.05) is 24.2 Å². The predicted octanol–water partition coefficient (Wildman–Crippen LogP) is 5.30. The first-order valence-electron chi connectivity index (χ1n) is 9.08. The van der Waals surface area contributed by atoms with Crippen molar-refractivity contribution in [1.82, 2.24) is 10.4 Å². The zero-order valence-corrected chi connectivity index (χ0v) is 17.3. The summed E-state index contributed by atoms with van der Waals surface area (Å²) in [4.78, 5) is 12.2. The van der Waals surface area contributed by atoms with Crippen LogP contribution in [0.2, 0.25) is 5.02 Å². The van der Waals surface area contributed by atoms with Crippen molar-refractivity contribution in [3.05, 3.63) is 70.3 Å². The van der Waals surface area contributed by atoms with Crippen molar-refractivity contribution in [2.45, 2.75) is 27.2 Å². The number of hydrogen-bond acceptors (Lipinski definition) is 3. The molecule has 5 heteroatoms. The second-order valence-electron chi connectivity index (χ2n) is 6.58. The molecule has 0 atom stereocenters. The maximum absolute atomic E-state index is 5.90. The molecule has 0 aliphatic carbocycles. The van der Waals surface area contributed by atoms with Crippen LogP contribution in [0.15, 0.2) is 48.0 Å². The number of aliphatic imine (C=N–C) groups is 1. The highest BCUT2D eigenvalue weighted by atomic mass is 35.5. The Morgan fingerprint density at radius 2 is 1.93 bits per heavy atom. The molecule has 0 radical (unpaired) electrons. The van der Waals surface area contributed by atoms with E-state index in [1.165, 1.54) is 5.56 Å². The minimum absolute atomic E-state index is 0.546. The summed E-state index contributed by atoms with van der Waals surface area (Å²) in [7, 11) is 2.01. The summed E-state index contributed by atoms with van der Waals surface area (Å²) >= 11 is 5.90. The average Bonchev–Trinajstić information content (AvgIpc) is 2.66. The SMILES string of the molecule is C=C(NOCCc1ccc(Cl)cc1)c1cc(C)c(N=CN(C)CC)cc1C. The van der Waals surface area contributed by atoms with Crippen molar-refractivity contribution in [2.75, 3.05) is 20.2 Å². The molecular formula is C22H28ClN3O. The number of aryl methyl sites for hydroxylation is 2. The molecule has 2 aromatic carbocycles. The molecule has 0 aliphatic rings. The molecule has 4 nitrogen and oxygen atoms in total. The van der Waals surface area contributed by atoms with Crippen LogP contribution in [0, 0.1) is 13.8 Å². The maximum Gasteiger partial charge on any atom is 0.0909 e. The summed E-state index contributed by atoms with van der Waals surface area (Å²) in [6.45, 7) is 11.8. The Bertz CT molecular complexity index is 800. The Balaban J connectivity index is 1.92. The lowest BCUT2D eigenvalue weighted by Crippen LogP contribution is -2.15. The maximum atomic E-state index is 5.90. The monoisotopic (exact) mass is 385 g/mol. The minimum Gasteiger partial charge on any atom is -0.366 e. The lowest BCUT2D eigenvalue weighted by Gasteiger charge is -2.15. The topological polar surface area (TPSA) is 36.9 Å². The third-order valence-electron chi connectivity index (χ3n) is 4.36. The fourth-order valence-corrected chi connectivity index (χ4v) is 2.65.